The molecule has 0 radical (unpaired) electrons. The Balaban J connectivity index is 2.29. The van der Waals surface area contributed by atoms with Gasteiger partial charge in [0, 0.05) is 47.4 Å². The van der Waals surface area contributed by atoms with E-state index in [0.717, 1.165) is 23.7 Å². The number of nitrogens with zero attached hydrogens (tertiary/aromatic N) is 1. The van der Waals surface area contributed by atoms with Gasteiger partial charge in [-0.1, -0.05) is 17.7 Å². The van der Waals surface area contributed by atoms with Crippen molar-refractivity contribution in [2.45, 2.75) is 6.54 Å². The highest BCUT2D eigenvalue weighted by atomic mass is 35.5. The number of hydrogen-bond donors (Lipinski definition) is 1. The van der Waals surface area contributed by atoms with E-state index in [1.807, 2.05) is 23.9 Å². The van der Waals surface area contributed by atoms with Crippen LogP contribution in [-0.2, 0) is 6.54 Å². The number of rotatable bonds is 2. The molecule has 0 unspecified atom stereocenters. The van der Waals surface area contributed by atoms with E-state index in [2.05, 4.69) is 11.0 Å². The largest absolute Gasteiger partial charge is 0.370 e. The SMILES string of the molecule is NCc1c(Cl)cccc1N1CCSCC1. The molecular weight excluding hydrogens is 228 g/mol. The highest BCUT2D eigenvalue weighted by Crippen LogP contribution is 2.28. The molecule has 15 heavy (non-hydrogen) atoms. The maximum Gasteiger partial charge on any atom is 0.0471 e. The van der Waals surface area contributed by atoms with Crippen LogP contribution in [0, 0.1) is 0 Å². The lowest BCUT2D eigenvalue weighted by Crippen LogP contribution is -2.33. The maximum absolute atomic E-state index is 6.14. The van der Waals surface area contributed by atoms with Crippen LogP contribution in [0.15, 0.2) is 18.2 Å². The van der Waals surface area contributed by atoms with Gasteiger partial charge in [-0.2, -0.15) is 11.8 Å². The van der Waals surface area contributed by atoms with Gasteiger partial charge in [-0.05, 0) is 12.1 Å². The maximum atomic E-state index is 6.14. The highest BCUT2D eigenvalue weighted by Gasteiger charge is 2.15. The normalized spacial score (nSPS) is 16.8. The summed E-state index contributed by atoms with van der Waals surface area (Å²) in [7, 11) is 0. The number of hydrogen-bond acceptors (Lipinski definition) is 3. The summed E-state index contributed by atoms with van der Waals surface area (Å²) in [4.78, 5) is 2.38. The minimum Gasteiger partial charge on any atom is -0.370 e. The molecule has 1 saturated heterocycles. The second-order valence-electron chi connectivity index (χ2n) is 3.54. The first-order chi connectivity index (χ1) is 7.33. The first kappa shape index (κ1) is 11.1. The summed E-state index contributed by atoms with van der Waals surface area (Å²) in [5.41, 5.74) is 8.03. The topological polar surface area (TPSA) is 29.3 Å². The van der Waals surface area contributed by atoms with E-state index < -0.39 is 0 Å². The van der Waals surface area contributed by atoms with Crippen LogP contribution in [0.4, 0.5) is 5.69 Å². The van der Waals surface area contributed by atoms with Crippen molar-refractivity contribution in [3.8, 4) is 0 Å². The van der Waals surface area contributed by atoms with Crippen molar-refractivity contribution in [3.05, 3.63) is 28.8 Å². The van der Waals surface area contributed by atoms with E-state index >= 15 is 0 Å². The molecule has 4 heteroatoms. The van der Waals surface area contributed by atoms with Crippen LogP contribution in [-0.4, -0.2) is 24.6 Å². The van der Waals surface area contributed by atoms with Gasteiger partial charge in [0.05, 0.1) is 0 Å². The van der Waals surface area contributed by atoms with Crippen LogP contribution in [0.25, 0.3) is 0 Å². The van der Waals surface area contributed by atoms with E-state index in [9.17, 15) is 0 Å². The highest BCUT2D eigenvalue weighted by molar-refractivity contribution is 7.99. The molecule has 0 bridgehead atoms. The van der Waals surface area contributed by atoms with Gasteiger partial charge >= 0.3 is 0 Å². The lowest BCUT2D eigenvalue weighted by molar-refractivity contribution is 0.847. The minimum atomic E-state index is 0.513. The summed E-state index contributed by atoms with van der Waals surface area (Å²) in [6.45, 7) is 2.70. The van der Waals surface area contributed by atoms with Gasteiger partial charge < -0.3 is 10.6 Å². The van der Waals surface area contributed by atoms with Crippen LogP contribution in [0.1, 0.15) is 5.56 Å². The van der Waals surface area contributed by atoms with Gasteiger partial charge in [-0.3, -0.25) is 0 Å². The van der Waals surface area contributed by atoms with Crippen molar-refractivity contribution in [2.24, 2.45) is 5.73 Å². The van der Waals surface area contributed by atoms with Crippen molar-refractivity contribution in [2.75, 3.05) is 29.5 Å². The molecule has 0 aromatic heterocycles. The van der Waals surface area contributed by atoms with Crippen LogP contribution in [0.2, 0.25) is 5.02 Å². The summed E-state index contributed by atoms with van der Waals surface area (Å²) < 4.78 is 0. The molecule has 82 valence electrons. The zero-order valence-electron chi connectivity index (χ0n) is 8.58. The average molecular weight is 243 g/mol. The Morgan fingerprint density at radius 3 is 2.73 bits per heavy atom. The van der Waals surface area contributed by atoms with E-state index in [-0.39, 0.29) is 0 Å². The molecular formula is C11H15ClN2S. The van der Waals surface area contributed by atoms with E-state index in [1.54, 1.807) is 0 Å². The second-order valence-corrected chi connectivity index (χ2v) is 5.17. The number of nitrogens with two attached hydrogens (primary N) is 1. The summed E-state index contributed by atoms with van der Waals surface area (Å²) in [6.07, 6.45) is 0. The Kier molecular flexibility index (Phi) is 3.78. The summed E-state index contributed by atoms with van der Waals surface area (Å²) in [5, 5.41) is 0.785. The number of anilines is 1. The molecule has 1 aromatic rings. The lowest BCUT2D eigenvalue weighted by atomic mass is 10.1. The monoisotopic (exact) mass is 242 g/mol. The molecule has 2 rings (SSSR count). The molecule has 0 atom stereocenters. The zero-order chi connectivity index (χ0) is 10.7. The third-order valence-corrected chi connectivity index (χ3v) is 3.95. The Labute approximate surface area is 99.8 Å². The zero-order valence-corrected chi connectivity index (χ0v) is 10.2. The van der Waals surface area contributed by atoms with Crippen molar-refractivity contribution in [1.29, 1.82) is 0 Å². The Morgan fingerprint density at radius 1 is 1.33 bits per heavy atom. The van der Waals surface area contributed by atoms with Crippen LogP contribution < -0.4 is 10.6 Å². The molecule has 2 nitrogen and oxygen atoms in total. The fourth-order valence-corrected chi connectivity index (χ4v) is 3.00. The molecule has 1 fully saturated rings. The Bertz CT molecular complexity index is 337. The summed E-state index contributed by atoms with van der Waals surface area (Å²) in [6, 6.07) is 6.02. The molecule has 1 aromatic carbocycles. The van der Waals surface area contributed by atoms with Crippen LogP contribution in [0.3, 0.4) is 0 Å². The first-order valence-electron chi connectivity index (χ1n) is 5.13. The number of halogens is 1. The van der Waals surface area contributed by atoms with Gasteiger partial charge in [-0.25, -0.2) is 0 Å². The lowest BCUT2D eigenvalue weighted by Gasteiger charge is -2.30. The van der Waals surface area contributed by atoms with Crippen LogP contribution in [0.5, 0.6) is 0 Å². The Hall–Kier alpha value is -0.380. The smallest absolute Gasteiger partial charge is 0.0471 e. The fourth-order valence-electron chi connectivity index (χ4n) is 1.85. The van der Waals surface area contributed by atoms with Gasteiger partial charge in [0.15, 0.2) is 0 Å². The molecule has 1 heterocycles. The predicted octanol–water partition coefficient (Wildman–Crippen LogP) is 2.35. The third-order valence-electron chi connectivity index (χ3n) is 2.65. The van der Waals surface area contributed by atoms with Gasteiger partial charge in [-0.15, -0.1) is 0 Å². The first-order valence-corrected chi connectivity index (χ1v) is 6.66. The molecule has 0 aliphatic carbocycles. The number of benzene rings is 1. The third kappa shape index (κ3) is 2.41. The van der Waals surface area contributed by atoms with Gasteiger partial charge in [0.2, 0.25) is 0 Å². The fraction of sp³-hybridized carbons (Fsp3) is 0.455. The van der Waals surface area contributed by atoms with Crippen molar-refractivity contribution in [1.82, 2.24) is 0 Å². The van der Waals surface area contributed by atoms with Crippen molar-refractivity contribution >= 4 is 29.1 Å². The Morgan fingerprint density at radius 2 is 2.07 bits per heavy atom. The van der Waals surface area contributed by atoms with Crippen molar-refractivity contribution in [3.63, 3.8) is 0 Å². The van der Waals surface area contributed by atoms with E-state index in [1.165, 1.54) is 17.2 Å². The van der Waals surface area contributed by atoms with E-state index in [4.69, 9.17) is 17.3 Å². The standard InChI is InChI=1S/C11H15ClN2S/c12-10-2-1-3-11(9(10)8-13)14-4-6-15-7-5-14/h1-3H,4-8,13H2. The molecule has 0 spiro atoms. The second kappa shape index (κ2) is 5.10. The molecule has 2 N–H and O–H groups in total. The van der Waals surface area contributed by atoms with Gasteiger partial charge in [0.1, 0.15) is 0 Å². The summed E-state index contributed by atoms with van der Waals surface area (Å²) >= 11 is 8.14. The summed E-state index contributed by atoms with van der Waals surface area (Å²) in [5.74, 6) is 2.38. The minimum absolute atomic E-state index is 0.513. The molecule has 1 aliphatic rings. The van der Waals surface area contributed by atoms with Crippen LogP contribution >= 0.6 is 23.4 Å². The molecule has 0 saturated carbocycles. The quantitative estimate of drug-likeness (QED) is 0.864. The predicted molar refractivity (Wildman–Crippen MR) is 68.9 cm³/mol. The molecule has 1 aliphatic heterocycles. The molecule has 0 amide bonds. The average Bonchev–Trinajstić information content (AvgIpc) is 2.30. The number of thioether (sulfide) groups is 1. The van der Waals surface area contributed by atoms with Crippen molar-refractivity contribution < 1.29 is 0 Å². The van der Waals surface area contributed by atoms with E-state index in [0.29, 0.717) is 6.54 Å². The van der Waals surface area contributed by atoms with Gasteiger partial charge in [0.25, 0.3) is 0 Å².